The average molecular weight is 333 g/mol. The maximum atomic E-state index is 4.64. The van der Waals surface area contributed by atoms with Crippen molar-refractivity contribution in [2.75, 3.05) is 0 Å². The van der Waals surface area contributed by atoms with Gasteiger partial charge >= 0.3 is 0 Å². The van der Waals surface area contributed by atoms with Crippen molar-refractivity contribution in [3.8, 4) is 0 Å². The second kappa shape index (κ2) is 5.40. The summed E-state index contributed by atoms with van der Waals surface area (Å²) in [4.78, 5) is 0. The molecule has 0 aliphatic carbocycles. The van der Waals surface area contributed by atoms with Crippen LogP contribution < -0.4 is 0 Å². The minimum atomic E-state index is 0.731. The molecule has 3 aromatic rings. The molecule has 0 amide bonds. The first kappa shape index (κ1) is 13.4. The van der Waals surface area contributed by atoms with E-state index in [0.717, 1.165) is 35.2 Å². The quantitative estimate of drug-likeness (QED) is 0.731. The summed E-state index contributed by atoms with van der Waals surface area (Å²) in [5.74, 6) is 0. The Morgan fingerprint density at radius 1 is 1.15 bits per heavy atom. The number of hydrogen-bond donors (Lipinski definition) is 0. The van der Waals surface area contributed by atoms with Crippen LogP contribution in [0.5, 0.6) is 0 Å². The van der Waals surface area contributed by atoms with Crippen molar-refractivity contribution in [3.05, 3.63) is 46.3 Å². The summed E-state index contributed by atoms with van der Waals surface area (Å²) in [5, 5.41) is 10.3. The highest BCUT2D eigenvalue weighted by Crippen LogP contribution is 2.24. The molecule has 0 saturated carbocycles. The standard InChI is InChI=1S/C15H17BrN4/c1-3-12-15(16)14(19(4-2)18-12)10-20-13-8-6-5-7-11(13)9-17-20/h5-9H,3-4,10H2,1-2H3. The van der Waals surface area contributed by atoms with E-state index in [1.165, 1.54) is 11.1 Å². The van der Waals surface area contributed by atoms with Crippen molar-refractivity contribution in [1.82, 2.24) is 19.6 Å². The van der Waals surface area contributed by atoms with Gasteiger partial charge in [-0.1, -0.05) is 25.1 Å². The van der Waals surface area contributed by atoms with E-state index in [9.17, 15) is 0 Å². The van der Waals surface area contributed by atoms with E-state index in [4.69, 9.17) is 0 Å². The molecule has 20 heavy (non-hydrogen) atoms. The minimum absolute atomic E-state index is 0.731. The number of para-hydroxylation sites is 1. The summed E-state index contributed by atoms with van der Waals surface area (Å²) < 4.78 is 5.20. The van der Waals surface area contributed by atoms with E-state index in [-0.39, 0.29) is 0 Å². The van der Waals surface area contributed by atoms with Gasteiger partial charge in [-0.05, 0) is 35.3 Å². The number of benzene rings is 1. The number of hydrogen-bond acceptors (Lipinski definition) is 2. The van der Waals surface area contributed by atoms with Gasteiger partial charge < -0.3 is 0 Å². The van der Waals surface area contributed by atoms with Crippen LogP contribution in [0.1, 0.15) is 25.2 Å². The lowest BCUT2D eigenvalue weighted by molar-refractivity contribution is 0.580. The van der Waals surface area contributed by atoms with Crippen LogP contribution in [0.4, 0.5) is 0 Å². The van der Waals surface area contributed by atoms with Crippen LogP contribution in [-0.2, 0) is 19.5 Å². The second-order valence-electron chi connectivity index (χ2n) is 4.74. The third kappa shape index (κ3) is 2.16. The first-order chi connectivity index (χ1) is 9.74. The molecule has 4 nitrogen and oxygen atoms in total. The molecule has 0 aliphatic rings. The van der Waals surface area contributed by atoms with Crippen molar-refractivity contribution < 1.29 is 0 Å². The Balaban J connectivity index is 2.04. The average Bonchev–Trinajstić information content (AvgIpc) is 3.02. The van der Waals surface area contributed by atoms with Gasteiger partial charge in [-0.2, -0.15) is 10.2 Å². The zero-order valence-electron chi connectivity index (χ0n) is 11.7. The number of rotatable bonds is 4. The van der Waals surface area contributed by atoms with Gasteiger partial charge in [-0.3, -0.25) is 9.36 Å². The van der Waals surface area contributed by atoms with Crippen molar-refractivity contribution >= 4 is 26.8 Å². The number of nitrogens with zero attached hydrogens (tertiary/aromatic N) is 4. The molecule has 0 unspecified atom stereocenters. The SMILES string of the molecule is CCc1nn(CC)c(Cn2ncc3ccccc32)c1Br. The fraction of sp³-hybridized carbons (Fsp3) is 0.333. The molecule has 0 radical (unpaired) electrons. The minimum Gasteiger partial charge on any atom is -0.267 e. The maximum absolute atomic E-state index is 4.64. The zero-order chi connectivity index (χ0) is 14.1. The monoisotopic (exact) mass is 332 g/mol. The molecule has 5 heteroatoms. The molecule has 2 aromatic heterocycles. The van der Waals surface area contributed by atoms with E-state index < -0.39 is 0 Å². The molecule has 0 bridgehead atoms. The summed E-state index contributed by atoms with van der Waals surface area (Å²) in [6, 6.07) is 8.27. The predicted octanol–water partition coefficient (Wildman–Crippen LogP) is 3.63. The van der Waals surface area contributed by atoms with Crippen molar-refractivity contribution in [3.63, 3.8) is 0 Å². The second-order valence-corrected chi connectivity index (χ2v) is 5.53. The van der Waals surface area contributed by atoms with Crippen molar-refractivity contribution in [1.29, 1.82) is 0 Å². The van der Waals surface area contributed by atoms with Gasteiger partial charge in [0.2, 0.25) is 0 Å². The number of aryl methyl sites for hydroxylation is 2. The lowest BCUT2D eigenvalue weighted by atomic mass is 10.2. The fourth-order valence-electron chi connectivity index (χ4n) is 2.46. The Labute approximate surface area is 126 Å². The van der Waals surface area contributed by atoms with Crippen LogP contribution in [-0.4, -0.2) is 19.6 Å². The maximum Gasteiger partial charge on any atom is 0.0847 e. The third-order valence-electron chi connectivity index (χ3n) is 3.54. The predicted molar refractivity (Wildman–Crippen MR) is 83.8 cm³/mol. The molecule has 0 spiro atoms. The first-order valence-corrected chi connectivity index (χ1v) is 7.68. The normalized spacial score (nSPS) is 11.3. The topological polar surface area (TPSA) is 35.6 Å². The van der Waals surface area contributed by atoms with Crippen LogP contribution in [0.25, 0.3) is 10.9 Å². The van der Waals surface area contributed by atoms with E-state index in [0.29, 0.717) is 0 Å². The van der Waals surface area contributed by atoms with Gasteiger partial charge in [-0.25, -0.2) is 0 Å². The van der Waals surface area contributed by atoms with Crippen LogP contribution in [0.3, 0.4) is 0 Å². The largest absolute Gasteiger partial charge is 0.267 e. The summed E-state index contributed by atoms with van der Waals surface area (Å²) in [6.45, 7) is 5.84. The Kier molecular flexibility index (Phi) is 3.61. The van der Waals surface area contributed by atoms with Gasteiger partial charge in [0.05, 0.1) is 34.1 Å². The van der Waals surface area contributed by atoms with Crippen molar-refractivity contribution in [2.45, 2.75) is 33.4 Å². The molecule has 0 atom stereocenters. The summed E-state index contributed by atoms with van der Waals surface area (Å²) in [5.41, 5.74) is 3.44. The van der Waals surface area contributed by atoms with Gasteiger partial charge in [-0.15, -0.1) is 0 Å². The fourth-order valence-corrected chi connectivity index (χ4v) is 3.15. The molecule has 0 fully saturated rings. The molecule has 0 aliphatic heterocycles. The smallest absolute Gasteiger partial charge is 0.0847 e. The lowest BCUT2D eigenvalue weighted by Gasteiger charge is -2.07. The Morgan fingerprint density at radius 2 is 1.95 bits per heavy atom. The highest BCUT2D eigenvalue weighted by molar-refractivity contribution is 9.10. The third-order valence-corrected chi connectivity index (χ3v) is 4.46. The van der Waals surface area contributed by atoms with E-state index in [1.54, 1.807) is 0 Å². The molecule has 104 valence electrons. The molecule has 1 aromatic carbocycles. The number of halogens is 1. The number of fused-ring (bicyclic) bond motifs is 1. The van der Waals surface area contributed by atoms with Gasteiger partial charge in [0.15, 0.2) is 0 Å². The molecular weight excluding hydrogens is 316 g/mol. The van der Waals surface area contributed by atoms with Crippen LogP contribution in [0, 0.1) is 0 Å². The Hall–Kier alpha value is -1.62. The van der Waals surface area contributed by atoms with E-state index in [2.05, 4.69) is 56.8 Å². The van der Waals surface area contributed by atoms with Crippen LogP contribution in [0.2, 0.25) is 0 Å². The molecule has 3 rings (SSSR count). The van der Waals surface area contributed by atoms with Crippen LogP contribution in [0.15, 0.2) is 34.9 Å². The highest BCUT2D eigenvalue weighted by Gasteiger charge is 2.15. The van der Waals surface area contributed by atoms with Crippen LogP contribution >= 0.6 is 15.9 Å². The molecule has 0 N–H and O–H groups in total. The number of aromatic nitrogens is 4. The Bertz CT molecular complexity index is 741. The van der Waals surface area contributed by atoms with Gasteiger partial charge in [0.25, 0.3) is 0 Å². The summed E-state index contributed by atoms with van der Waals surface area (Å²) >= 11 is 3.69. The van der Waals surface area contributed by atoms with Gasteiger partial charge in [0, 0.05) is 11.9 Å². The lowest BCUT2D eigenvalue weighted by Crippen LogP contribution is -2.09. The highest BCUT2D eigenvalue weighted by atomic mass is 79.9. The van der Waals surface area contributed by atoms with E-state index >= 15 is 0 Å². The molecular formula is C15H17BrN4. The molecule has 2 heterocycles. The first-order valence-electron chi connectivity index (χ1n) is 6.89. The summed E-state index contributed by atoms with van der Waals surface area (Å²) in [6.07, 6.45) is 2.84. The van der Waals surface area contributed by atoms with Crippen molar-refractivity contribution in [2.24, 2.45) is 0 Å². The Morgan fingerprint density at radius 3 is 2.70 bits per heavy atom. The zero-order valence-corrected chi connectivity index (χ0v) is 13.3. The molecule has 0 saturated heterocycles. The summed E-state index contributed by atoms with van der Waals surface area (Å²) in [7, 11) is 0. The van der Waals surface area contributed by atoms with E-state index in [1.807, 2.05) is 23.0 Å². The van der Waals surface area contributed by atoms with Gasteiger partial charge in [0.1, 0.15) is 0 Å².